The van der Waals surface area contributed by atoms with Gasteiger partial charge in [-0.15, -0.1) is 0 Å². The molecular weight excluding hydrogens is 498 g/mol. The summed E-state index contributed by atoms with van der Waals surface area (Å²) >= 11 is 0. The highest BCUT2D eigenvalue weighted by atomic mass is 32.2. The van der Waals surface area contributed by atoms with Crippen LogP contribution in [0.4, 0.5) is 0 Å². The molecule has 0 spiro atoms. The molecule has 198 valence electrons. The predicted molar refractivity (Wildman–Crippen MR) is 149 cm³/mol. The number of fused-ring (bicyclic) bond motifs is 1. The lowest BCUT2D eigenvalue weighted by atomic mass is 9.86. The summed E-state index contributed by atoms with van der Waals surface area (Å²) in [6, 6.07) is 12.3. The van der Waals surface area contributed by atoms with Crippen molar-refractivity contribution in [1.82, 2.24) is 15.2 Å². The topological polar surface area (TPSA) is 104 Å². The van der Waals surface area contributed by atoms with Gasteiger partial charge in [0.15, 0.2) is 9.84 Å². The van der Waals surface area contributed by atoms with Crippen LogP contribution in [-0.2, 0) is 21.2 Å². The number of aliphatic imine (C=N–C) groups is 2. The number of pyridine rings is 1. The Hall–Kier alpha value is -3.59. The Morgan fingerprint density at radius 3 is 2.79 bits per heavy atom. The molecule has 1 amide bonds. The highest BCUT2D eigenvalue weighted by molar-refractivity contribution is 7.91. The van der Waals surface area contributed by atoms with E-state index in [0.717, 1.165) is 41.1 Å². The molecule has 0 bridgehead atoms. The normalized spacial score (nSPS) is 21.4. The van der Waals surface area contributed by atoms with E-state index in [0.29, 0.717) is 26.2 Å². The minimum Gasteiger partial charge on any atom is -0.384 e. The smallest absolute Gasteiger partial charge is 0.223 e. The highest BCUT2D eigenvalue weighted by Gasteiger charge is 2.32. The zero-order chi connectivity index (χ0) is 26.5. The molecule has 4 heterocycles. The predicted octanol–water partition coefficient (Wildman–Crippen LogP) is 3.59. The first-order valence-electron chi connectivity index (χ1n) is 13.1. The molecule has 9 heteroatoms. The van der Waals surface area contributed by atoms with E-state index >= 15 is 0 Å². The van der Waals surface area contributed by atoms with Crippen LogP contribution in [0.15, 0.2) is 92.8 Å². The second-order valence-corrected chi connectivity index (χ2v) is 12.1. The van der Waals surface area contributed by atoms with E-state index in [4.69, 9.17) is 4.99 Å². The Morgan fingerprint density at radius 1 is 1.16 bits per heavy atom. The molecule has 0 aliphatic carbocycles. The summed E-state index contributed by atoms with van der Waals surface area (Å²) in [6.45, 7) is 4.53. The van der Waals surface area contributed by atoms with Crippen molar-refractivity contribution in [1.29, 1.82) is 0 Å². The number of likely N-dealkylation sites (tertiary alicyclic amines) is 1. The van der Waals surface area contributed by atoms with Crippen LogP contribution in [-0.4, -0.2) is 61.5 Å². The van der Waals surface area contributed by atoms with Gasteiger partial charge >= 0.3 is 0 Å². The number of rotatable bonds is 8. The third kappa shape index (κ3) is 5.93. The number of benzene rings is 1. The summed E-state index contributed by atoms with van der Waals surface area (Å²) in [4.78, 5) is 29.0. The quantitative estimate of drug-likeness (QED) is 0.561. The van der Waals surface area contributed by atoms with Crippen molar-refractivity contribution < 1.29 is 13.2 Å². The molecule has 2 aromatic rings. The average molecular weight is 532 g/mol. The van der Waals surface area contributed by atoms with Gasteiger partial charge in [0.2, 0.25) is 5.91 Å². The maximum Gasteiger partial charge on any atom is 0.223 e. The lowest BCUT2D eigenvalue weighted by Crippen LogP contribution is -2.43. The first-order valence-corrected chi connectivity index (χ1v) is 14.7. The third-order valence-corrected chi connectivity index (χ3v) is 9.07. The fourth-order valence-electron chi connectivity index (χ4n) is 5.23. The van der Waals surface area contributed by atoms with E-state index in [9.17, 15) is 13.2 Å². The second-order valence-electron chi connectivity index (χ2n) is 10.0. The van der Waals surface area contributed by atoms with Gasteiger partial charge in [-0.2, -0.15) is 0 Å². The number of nitrogens with zero attached hydrogens (tertiary/aromatic N) is 4. The number of amides is 1. The molecule has 0 saturated carbocycles. The van der Waals surface area contributed by atoms with E-state index in [1.807, 2.05) is 36.4 Å². The molecule has 38 heavy (non-hydrogen) atoms. The summed E-state index contributed by atoms with van der Waals surface area (Å²) in [5.74, 6) is -0.130. The van der Waals surface area contributed by atoms with Gasteiger partial charge in [-0.3, -0.25) is 19.8 Å². The van der Waals surface area contributed by atoms with Crippen molar-refractivity contribution >= 4 is 27.7 Å². The number of aromatic nitrogens is 1. The van der Waals surface area contributed by atoms with E-state index < -0.39 is 9.84 Å². The van der Waals surface area contributed by atoms with Crippen LogP contribution in [0.5, 0.6) is 0 Å². The van der Waals surface area contributed by atoms with Gasteiger partial charge in [0.05, 0.1) is 28.8 Å². The Bertz CT molecular complexity index is 1400. The molecule has 0 radical (unpaired) electrons. The highest BCUT2D eigenvalue weighted by Crippen LogP contribution is 2.33. The first-order chi connectivity index (χ1) is 18.4. The second kappa shape index (κ2) is 11.4. The molecular formula is C29H33N5O3S. The van der Waals surface area contributed by atoms with Crippen molar-refractivity contribution in [2.75, 3.05) is 25.4 Å². The molecule has 2 atom stereocenters. The van der Waals surface area contributed by atoms with Crippen LogP contribution < -0.4 is 5.32 Å². The number of allylic oxidation sites excluding steroid dienone is 2. The number of hydrogen-bond donors (Lipinski definition) is 1. The van der Waals surface area contributed by atoms with Gasteiger partial charge < -0.3 is 10.2 Å². The van der Waals surface area contributed by atoms with Crippen LogP contribution in [0, 0.1) is 11.8 Å². The number of sulfone groups is 1. The number of piperidine rings is 1. The van der Waals surface area contributed by atoms with Crippen molar-refractivity contribution in [2.45, 2.75) is 37.6 Å². The standard InChI is InChI=1S/C29H33N5O3S/c1-21-16-31-19-25-27(32-18-22-7-5-12-30-17-22)15-26(33-29(21)25)23-8-6-13-34(20-23)28(35)11-14-38(36,37)24-9-3-2-4-10-24/h2-5,7,9-10,12,15-17,23,25,32H,6,8,11,13-14,18-20H2,1H3. The Labute approximate surface area is 224 Å². The monoisotopic (exact) mass is 531 g/mol. The minimum absolute atomic E-state index is 0.0209. The van der Waals surface area contributed by atoms with Gasteiger partial charge in [0.25, 0.3) is 0 Å². The average Bonchev–Trinajstić information content (AvgIpc) is 2.96. The Kier molecular flexibility index (Phi) is 7.83. The fraction of sp³-hybridized carbons (Fsp3) is 0.379. The molecule has 3 aliphatic heterocycles. The first kappa shape index (κ1) is 26.0. The molecule has 3 aliphatic rings. The largest absolute Gasteiger partial charge is 0.384 e. The number of nitrogens with one attached hydrogen (secondary N) is 1. The molecule has 1 aromatic carbocycles. The SMILES string of the molecule is CC1=C2N=C(C3CCCN(C(=O)CCS(=O)(=O)c4ccccc4)C3)C=C(NCc3cccnc3)C2CN=C1. The van der Waals surface area contributed by atoms with Crippen LogP contribution in [0.2, 0.25) is 0 Å². The summed E-state index contributed by atoms with van der Waals surface area (Å²) < 4.78 is 25.3. The molecule has 5 rings (SSSR count). The number of carbonyl (C=O) groups excluding carboxylic acids is 1. The summed E-state index contributed by atoms with van der Waals surface area (Å²) in [5, 5.41) is 3.60. The van der Waals surface area contributed by atoms with Crippen molar-refractivity contribution in [3.8, 4) is 0 Å². The van der Waals surface area contributed by atoms with Crippen molar-refractivity contribution in [3.05, 3.63) is 83.5 Å². The van der Waals surface area contributed by atoms with Crippen LogP contribution in [0.1, 0.15) is 31.7 Å². The molecule has 2 unspecified atom stereocenters. The number of dihydropyridines is 2. The summed E-state index contributed by atoms with van der Waals surface area (Å²) in [7, 11) is -3.50. The zero-order valence-electron chi connectivity index (χ0n) is 21.6. The zero-order valence-corrected chi connectivity index (χ0v) is 22.4. The van der Waals surface area contributed by atoms with Gasteiger partial charge in [-0.25, -0.2) is 8.42 Å². The summed E-state index contributed by atoms with van der Waals surface area (Å²) in [6.07, 6.45) is 9.42. The van der Waals surface area contributed by atoms with Crippen LogP contribution in [0.25, 0.3) is 0 Å². The van der Waals surface area contributed by atoms with Crippen molar-refractivity contribution in [3.63, 3.8) is 0 Å². The third-order valence-electron chi connectivity index (χ3n) is 7.33. The summed E-state index contributed by atoms with van der Waals surface area (Å²) in [5.41, 5.74) is 5.24. The van der Waals surface area contributed by atoms with E-state index in [1.165, 1.54) is 0 Å². The van der Waals surface area contributed by atoms with Gasteiger partial charge in [-0.05, 0) is 55.2 Å². The lowest BCUT2D eigenvalue weighted by molar-refractivity contribution is -0.132. The minimum atomic E-state index is -3.50. The fourth-order valence-corrected chi connectivity index (χ4v) is 6.48. The van der Waals surface area contributed by atoms with Gasteiger partial charge in [0.1, 0.15) is 0 Å². The van der Waals surface area contributed by atoms with Crippen LogP contribution >= 0.6 is 0 Å². The molecule has 1 fully saturated rings. The molecule has 8 nitrogen and oxygen atoms in total. The Morgan fingerprint density at radius 2 is 2.00 bits per heavy atom. The lowest BCUT2D eigenvalue weighted by Gasteiger charge is -2.36. The maximum atomic E-state index is 13.1. The number of hydrogen-bond acceptors (Lipinski definition) is 7. The van der Waals surface area contributed by atoms with Gasteiger partial charge in [0, 0.05) is 62.0 Å². The van der Waals surface area contributed by atoms with E-state index in [-0.39, 0.29) is 34.8 Å². The maximum absolute atomic E-state index is 13.1. The van der Waals surface area contributed by atoms with Crippen molar-refractivity contribution in [2.24, 2.45) is 21.8 Å². The van der Waals surface area contributed by atoms with E-state index in [1.54, 1.807) is 36.5 Å². The van der Waals surface area contributed by atoms with Crippen LogP contribution in [0.3, 0.4) is 0 Å². The molecule has 1 N–H and O–H groups in total. The number of carbonyl (C=O) groups is 1. The Balaban J connectivity index is 1.29. The molecule has 1 saturated heterocycles. The van der Waals surface area contributed by atoms with Gasteiger partial charge in [-0.1, -0.05) is 24.3 Å². The van der Waals surface area contributed by atoms with E-state index in [2.05, 4.69) is 21.4 Å². The molecule has 1 aromatic heterocycles.